The van der Waals surface area contributed by atoms with E-state index in [9.17, 15) is 0 Å². The first-order chi connectivity index (χ1) is 6.66. The molecule has 1 N–H and O–H groups in total. The third-order valence-corrected chi connectivity index (χ3v) is 2.06. The molecule has 2 rings (SSSR count). The van der Waals surface area contributed by atoms with Crippen molar-refractivity contribution in [3.8, 4) is 0 Å². The van der Waals surface area contributed by atoms with Gasteiger partial charge in [0.25, 0.3) is 0 Å². The van der Waals surface area contributed by atoms with Gasteiger partial charge in [-0.2, -0.15) is 5.10 Å². The van der Waals surface area contributed by atoms with Crippen LogP contribution in [0.25, 0.3) is 0 Å². The van der Waals surface area contributed by atoms with Crippen LogP contribution in [0.15, 0.2) is 18.5 Å². The van der Waals surface area contributed by atoms with Crippen LogP contribution >= 0.6 is 0 Å². The maximum Gasteiger partial charge on any atom is 0.208 e. The Morgan fingerprint density at radius 1 is 1.36 bits per heavy atom. The largest absolute Gasteiger partial charge is 0.320 e. The molecule has 0 saturated heterocycles. The van der Waals surface area contributed by atoms with E-state index in [2.05, 4.69) is 15.4 Å². The van der Waals surface area contributed by atoms with Gasteiger partial charge >= 0.3 is 0 Å². The number of hydrogen-bond acceptors (Lipinski definition) is 3. The van der Waals surface area contributed by atoms with Crippen LogP contribution in [0.5, 0.6) is 0 Å². The summed E-state index contributed by atoms with van der Waals surface area (Å²) in [5.74, 6) is 1.75. The van der Waals surface area contributed by atoms with Crippen LogP contribution in [0.1, 0.15) is 5.69 Å². The first-order valence-electron chi connectivity index (χ1n) is 4.42. The molecule has 0 bridgehead atoms. The molecule has 0 aliphatic carbocycles. The molecule has 5 heteroatoms. The summed E-state index contributed by atoms with van der Waals surface area (Å²) < 4.78 is 3.71. The maximum absolute atomic E-state index is 4.34. The Morgan fingerprint density at radius 3 is 2.64 bits per heavy atom. The minimum atomic E-state index is 0.825. The van der Waals surface area contributed by atoms with E-state index in [0.29, 0.717) is 0 Å². The topological polar surface area (TPSA) is 47.7 Å². The van der Waals surface area contributed by atoms with Gasteiger partial charge in [-0.15, -0.1) is 0 Å². The Hall–Kier alpha value is -1.78. The van der Waals surface area contributed by atoms with Crippen molar-refractivity contribution < 1.29 is 0 Å². The highest BCUT2D eigenvalue weighted by molar-refractivity contribution is 5.48. The second-order valence-electron chi connectivity index (χ2n) is 3.28. The van der Waals surface area contributed by atoms with Gasteiger partial charge in [-0.05, 0) is 6.92 Å². The molecule has 0 aromatic carbocycles. The van der Waals surface area contributed by atoms with Crippen LogP contribution < -0.4 is 5.32 Å². The van der Waals surface area contributed by atoms with Crippen LogP contribution in [0, 0.1) is 6.92 Å². The molecule has 0 aliphatic heterocycles. The fourth-order valence-corrected chi connectivity index (χ4v) is 1.34. The SMILES string of the molecule is Cc1cn(C)c(Nc2ccnn2C)n1. The van der Waals surface area contributed by atoms with Crippen LogP contribution in [-0.4, -0.2) is 19.3 Å². The van der Waals surface area contributed by atoms with E-state index >= 15 is 0 Å². The number of aromatic nitrogens is 4. The highest BCUT2D eigenvalue weighted by atomic mass is 15.3. The van der Waals surface area contributed by atoms with Crippen LogP contribution in [0.4, 0.5) is 11.8 Å². The summed E-state index contributed by atoms with van der Waals surface area (Å²) in [6, 6.07) is 1.91. The summed E-state index contributed by atoms with van der Waals surface area (Å²) in [4.78, 5) is 4.34. The van der Waals surface area contributed by atoms with Crippen LogP contribution in [0.2, 0.25) is 0 Å². The van der Waals surface area contributed by atoms with Crippen molar-refractivity contribution >= 4 is 11.8 Å². The minimum absolute atomic E-state index is 0.825. The third kappa shape index (κ3) is 1.48. The molecule has 0 unspecified atom stereocenters. The lowest BCUT2D eigenvalue weighted by atomic mass is 10.6. The molecular formula is C9H13N5. The summed E-state index contributed by atoms with van der Waals surface area (Å²) >= 11 is 0. The summed E-state index contributed by atoms with van der Waals surface area (Å²) in [6.07, 6.45) is 3.72. The fourth-order valence-electron chi connectivity index (χ4n) is 1.34. The summed E-state index contributed by atoms with van der Waals surface area (Å²) in [5.41, 5.74) is 0.997. The summed E-state index contributed by atoms with van der Waals surface area (Å²) in [5, 5.41) is 7.26. The number of rotatable bonds is 2. The molecule has 0 atom stereocenters. The van der Waals surface area contributed by atoms with Crippen molar-refractivity contribution in [2.45, 2.75) is 6.92 Å². The van der Waals surface area contributed by atoms with E-state index in [1.165, 1.54) is 0 Å². The zero-order valence-corrected chi connectivity index (χ0v) is 8.52. The molecular weight excluding hydrogens is 178 g/mol. The number of hydrogen-bond donors (Lipinski definition) is 1. The zero-order chi connectivity index (χ0) is 10.1. The van der Waals surface area contributed by atoms with Gasteiger partial charge in [0.1, 0.15) is 5.82 Å². The summed E-state index contributed by atoms with van der Waals surface area (Å²) in [7, 11) is 3.84. The molecule has 0 aliphatic rings. The zero-order valence-electron chi connectivity index (χ0n) is 8.52. The highest BCUT2D eigenvalue weighted by Gasteiger charge is 2.04. The molecule has 0 radical (unpaired) electrons. The number of nitrogens with zero attached hydrogens (tertiary/aromatic N) is 4. The van der Waals surface area contributed by atoms with E-state index in [1.54, 1.807) is 10.9 Å². The first-order valence-corrected chi connectivity index (χ1v) is 4.42. The number of imidazole rings is 1. The molecule has 0 spiro atoms. The second kappa shape index (κ2) is 3.17. The molecule has 2 heterocycles. The quantitative estimate of drug-likeness (QED) is 0.776. The number of aryl methyl sites for hydroxylation is 3. The molecule has 0 fully saturated rings. The van der Waals surface area contributed by atoms with Gasteiger partial charge in [0.15, 0.2) is 0 Å². The van der Waals surface area contributed by atoms with E-state index in [-0.39, 0.29) is 0 Å². The lowest BCUT2D eigenvalue weighted by Gasteiger charge is -2.04. The van der Waals surface area contributed by atoms with Crippen LogP contribution in [0.3, 0.4) is 0 Å². The van der Waals surface area contributed by atoms with Gasteiger partial charge in [-0.1, -0.05) is 0 Å². The Labute approximate surface area is 82.4 Å². The summed E-state index contributed by atoms with van der Waals surface area (Å²) in [6.45, 7) is 1.97. The van der Waals surface area contributed by atoms with Crippen LogP contribution in [-0.2, 0) is 14.1 Å². The molecule has 14 heavy (non-hydrogen) atoms. The smallest absolute Gasteiger partial charge is 0.208 e. The highest BCUT2D eigenvalue weighted by Crippen LogP contribution is 2.13. The van der Waals surface area contributed by atoms with E-state index in [4.69, 9.17) is 0 Å². The van der Waals surface area contributed by atoms with Crippen molar-refractivity contribution in [2.75, 3.05) is 5.32 Å². The molecule has 2 aromatic rings. The van der Waals surface area contributed by atoms with Gasteiger partial charge < -0.3 is 9.88 Å². The van der Waals surface area contributed by atoms with Crippen molar-refractivity contribution in [3.63, 3.8) is 0 Å². The fraction of sp³-hybridized carbons (Fsp3) is 0.333. The second-order valence-corrected chi connectivity index (χ2v) is 3.28. The van der Waals surface area contributed by atoms with Crippen molar-refractivity contribution in [1.82, 2.24) is 19.3 Å². The minimum Gasteiger partial charge on any atom is -0.320 e. The lowest BCUT2D eigenvalue weighted by molar-refractivity contribution is 0.773. The molecule has 5 nitrogen and oxygen atoms in total. The predicted molar refractivity (Wildman–Crippen MR) is 54.4 cm³/mol. The van der Waals surface area contributed by atoms with Gasteiger partial charge in [-0.25, -0.2) is 4.98 Å². The number of nitrogens with one attached hydrogen (secondary N) is 1. The van der Waals surface area contributed by atoms with Crippen molar-refractivity contribution in [2.24, 2.45) is 14.1 Å². The lowest BCUT2D eigenvalue weighted by Crippen LogP contribution is -2.03. The number of anilines is 2. The Bertz CT molecular complexity index is 440. The average Bonchev–Trinajstić information content (AvgIpc) is 2.62. The van der Waals surface area contributed by atoms with Gasteiger partial charge in [0.2, 0.25) is 5.95 Å². The molecule has 0 saturated carbocycles. The monoisotopic (exact) mass is 191 g/mol. The Balaban J connectivity index is 2.27. The molecule has 74 valence electrons. The van der Waals surface area contributed by atoms with Crippen molar-refractivity contribution in [3.05, 3.63) is 24.2 Å². The third-order valence-electron chi connectivity index (χ3n) is 2.06. The maximum atomic E-state index is 4.34. The normalized spacial score (nSPS) is 10.5. The standard InChI is InChI=1S/C9H13N5/c1-7-6-13(2)9(11-7)12-8-4-5-10-14(8)3/h4-6H,1-3H3,(H,11,12). The van der Waals surface area contributed by atoms with Gasteiger partial charge in [0, 0.05) is 26.4 Å². The predicted octanol–water partition coefficient (Wildman–Crippen LogP) is 1.21. The van der Waals surface area contributed by atoms with Gasteiger partial charge in [-0.3, -0.25) is 4.68 Å². The van der Waals surface area contributed by atoms with E-state index in [0.717, 1.165) is 17.5 Å². The Kier molecular flexibility index (Phi) is 1.99. The molecule has 2 aromatic heterocycles. The van der Waals surface area contributed by atoms with E-state index in [1.807, 2.05) is 37.8 Å². The van der Waals surface area contributed by atoms with Gasteiger partial charge in [0.05, 0.1) is 11.9 Å². The first kappa shape index (κ1) is 8.80. The van der Waals surface area contributed by atoms with Crippen molar-refractivity contribution in [1.29, 1.82) is 0 Å². The Morgan fingerprint density at radius 2 is 2.14 bits per heavy atom. The average molecular weight is 191 g/mol. The van der Waals surface area contributed by atoms with E-state index < -0.39 is 0 Å². The molecule has 0 amide bonds.